The molecule has 4 heteroatoms. The molecule has 0 aromatic carbocycles. The quantitative estimate of drug-likeness (QED) is 0.734. The van der Waals surface area contributed by atoms with Crippen LogP contribution in [-0.4, -0.2) is 24.2 Å². The Morgan fingerprint density at radius 3 is 3.00 bits per heavy atom. The molecule has 3 nitrogen and oxygen atoms in total. The van der Waals surface area contributed by atoms with Crippen molar-refractivity contribution in [2.45, 2.75) is 19.1 Å². The second-order valence-corrected chi connectivity index (χ2v) is 3.53. The van der Waals surface area contributed by atoms with E-state index < -0.39 is 0 Å². The molecule has 14 heavy (non-hydrogen) atoms. The summed E-state index contributed by atoms with van der Waals surface area (Å²) in [5.74, 6) is -0.314. The van der Waals surface area contributed by atoms with E-state index in [1.807, 2.05) is 0 Å². The highest BCUT2D eigenvalue weighted by Gasteiger charge is 2.20. The van der Waals surface area contributed by atoms with E-state index in [2.05, 4.69) is 17.2 Å². The lowest BCUT2D eigenvalue weighted by atomic mass is 10.2. The van der Waals surface area contributed by atoms with Crippen LogP contribution in [0.2, 0.25) is 0 Å². The van der Waals surface area contributed by atoms with Gasteiger partial charge in [0, 0.05) is 12.6 Å². The summed E-state index contributed by atoms with van der Waals surface area (Å²) in [5.41, 5.74) is 0.783. The van der Waals surface area contributed by atoms with Crippen LogP contribution in [0.4, 0.5) is 4.39 Å². The Hall–Kier alpha value is -1.00. The van der Waals surface area contributed by atoms with E-state index in [1.54, 1.807) is 6.07 Å². The van der Waals surface area contributed by atoms with E-state index in [-0.39, 0.29) is 11.9 Å². The van der Waals surface area contributed by atoms with Crippen LogP contribution in [0, 0.1) is 5.82 Å². The number of halogens is 1. The van der Waals surface area contributed by atoms with Gasteiger partial charge in [0.1, 0.15) is 11.9 Å². The van der Waals surface area contributed by atoms with Gasteiger partial charge in [0.25, 0.3) is 0 Å². The summed E-state index contributed by atoms with van der Waals surface area (Å²) < 4.78 is 18.2. The second kappa shape index (κ2) is 4.02. The molecule has 2 atom stereocenters. The van der Waals surface area contributed by atoms with Gasteiger partial charge in [-0.3, -0.25) is 4.98 Å². The van der Waals surface area contributed by atoms with Gasteiger partial charge in [0.05, 0.1) is 18.5 Å². The van der Waals surface area contributed by atoms with E-state index in [0.29, 0.717) is 12.6 Å². The normalized spacial score (nSPS) is 27.6. The maximum atomic E-state index is 12.6. The van der Waals surface area contributed by atoms with Crippen molar-refractivity contribution in [3.05, 3.63) is 29.8 Å². The van der Waals surface area contributed by atoms with Crippen molar-refractivity contribution in [2.75, 3.05) is 13.2 Å². The van der Waals surface area contributed by atoms with Gasteiger partial charge in [0.15, 0.2) is 0 Å². The van der Waals surface area contributed by atoms with Gasteiger partial charge in [-0.05, 0) is 19.1 Å². The third-order valence-corrected chi connectivity index (χ3v) is 2.28. The summed E-state index contributed by atoms with van der Waals surface area (Å²) in [6.07, 6.45) is 1.17. The molecular weight excluding hydrogens is 183 g/mol. The van der Waals surface area contributed by atoms with Crippen LogP contribution < -0.4 is 5.32 Å². The Morgan fingerprint density at radius 1 is 1.57 bits per heavy atom. The summed E-state index contributed by atoms with van der Waals surface area (Å²) in [5, 5.41) is 3.29. The molecule has 1 N–H and O–H groups in total. The lowest BCUT2D eigenvalue weighted by molar-refractivity contribution is 0.00447. The number of hydrogen-bond acceptors (Lipinski definition) is 3. The van der Waals surface area contributed by atoms with Crippen LogP contribution in [0.3, 0.4) is 0 Å². The van der Waals surface area contributed by atoms with Crippen LogP contribution in [0.5, 0.6) is 0 Å². The number of pyridine rings is 1. The number of morpholine rings is 1. The monoisotopic (exact) mass is 196 g/mol. The van der Waals surface area contributed by atoms with Gasteiger partial charge in [-0.1, -0.05) is 0 Å². The molecule has 0 saturated carbocycles. The van der Waals surface area contributed by atoms with Gasteiger partial charge >= 0.3 is 0 Å². The number of ether oxygens (including phenoxy) is 1. The molecule has 1 aromatic rings. The third-order valence-electron chi connectivity index (χ3n) is 2.28. The lowest BCUT2D eigenvalue weighted by Gasteiger charge is -2.27. The Bertz CT molecular complexity index is 293. The first-order valence-electron chi connectivity index (χ1n) is 4.72. The zero-order chi connectivity index (χ0) is 9.97. The van der Waals surface area contributed by atoms with Crippen LogP contribution >= 0.6 is 0 Å². The maximum Gasteiger partial charge on any atom is 0.141 e. The van der Waals surface area contributed by atoms with Crippen molar-refractivity contribution in [1.82, 2.24) is 10.3 Å². The molecule has 2 unspecified atom stereocenters. The number of rotatable bonds is 1. The zero-order valence-corrected chi connectivity index (χ0v) is 8.03. The first-order valence-corrected chi connectivity index (χ1v) is 4.72. The van der Waals surface area contributed by atoms with E-state index >= 15 is 0 Å². The minimum absolute atomic E-state index is 0.0493. The highest BCUT2D eigenvalue weighted by atomic mass is 19.1. The molecule has 1 aromatic heterocycles. The molecule has 76 valence electrons. The standard InChI is InChI=1S/C10H13FN2O/c1-7-6-14-10(5-12-7)9-3-2-8(11)4-13-9/h2-4,7,10,12H,5-6H2,1H3. The highest BCUT2D eigenvalue weighted by Crippen LogP contribution is 2.17. The number of nitrogens with zero attached hydrogens (tertiary/aromatic N) is 1. The number of nitrogens with one attached hydrogen (secondary N) is 1. The predicted molar refractivity (Wildman–Crippen MR) is 50.4 cm³/mol. The molecule has 0 amide bonds. The average Bonchev–Trinajstić information content (AvgIpc) is 2.21. The van der Waals surface area contributed by atoms with Crippen LogP contribution in [-0.2, 0) is 4.74 Å². The fourth-order valence-corrected chi connectivity index (χ4v) is 1.45. The van der Waals surface area contributed by atoms with E-state index in [9.17, 15) is 4.39 Å². The molecule has 0 radical (unpaired) electrons. The molecule has 2 rings (SSSR count). The Kier molecular flexibility index (Phi) is 2.74. The fourth-order valence-electron chi connectivity index (χ4n) is 1.45. The van der Waals surface area contributed by atoms with Crippen LogP contribution in [0.25, 0.3) is 0 Å². The van der Waals surface area contributed by atoms with Crippen LogP contribution in [0.1, 0.15) is 18.7 Å². The summed E-state index contributed by atoms with van der Waals surface area (Å²) in [6, 6.07) is 3.45. The molecular formula is C10H13FN2O. The van der Waals surface area contributed by atoms with E-state index in [4.69, 9.17) is 4.74 Å². The van der Waals surface area contributed by atoms with Gasteiger partial charge in [-0.25, -0.2) is 4.39 Å². The zero-order valence-electron chi connectivity index (χ0n) is 8.03. The maximum absolute atomic E-state index is 12.6. The Balaban J connectivity index is 2.05. The molecule has 1 aliphatic rings. The Morgan fingerprint density at radius 2 is 2.43 bits per heavy atom. The minimum atomic E-state index is -0.314. The SMILES string of the molecule is CC1COC(c2ccc(F)cn2)CN1. The highest BCUT2D eigenvalue weighted by molar-refractivity contribution is 5.09. The van der Waals surface area contributed by atoms with E-state index in [0.717, 1.165) is 12.2 Å². The topological polar surface area (TPSA) is 34.1 Å². The molecule has 0 bridgehead atoms. The third kappa shape index (κ3) is 2.08. The van der Waals surface area contributed by atoms with Crippen molar-refractivity contribution >= 4 is 0 Å². The van der Waals surface area contributed by atoms with Crippen LogP contribution in [0.15, 0.2) is 18.3 Å². The summed E-state index contributed by atoms with van der Waals surface area (Å²) in [6.45, 7) is 3.47. The molecule has 0 aliphatic carbocycles. The average molecular weight is 196 g/mol. The first-order chi connectivity index (χ1) is 6.75. The van der Waals surface area contributed by atoms with Gasteiger partial charge in [-0.2, -0.15) is 0 Å². The molecule has 0 spiro atoms. The van der Waals surface area contributed by atoms with Crippen molar-refractivity contribution < 1.29 is 9.13 Å². The summed E-state index contributed by atoms with van der Waals surface area (Å²) >= 11 is 0. The van der Waals surface area contributed by atoms with Gasteiger partial charge in [-0.15, -0.1) is 0 Å². The lowest BCUT2D eigenvalue weighted by Crippen LogP contribution is -2.40. The second-order valence-electron chi connectivity index (χ2n) is 3.53. The molecule has 2 heterocycles. The van der Waals surface area contributed by atoms with Gasteiger partial charge in [0.2, 0.25) is 0 Å². The fraction of sp³-hybridized carbons (Fsp3) is 0.500. The van der Waals surface area contributed by atoms with Crippen molar-refractivity contribution in [1.29, 1.82) is 0 Å². The summed E-state index contributed by atoms with van der Waals surface area (Å²) in [7, 11) is 0. The Labute approximate surface area is 82.3 Å². The smallest absolute Gasteiger partial charge is 0.141 e. The predicted octanol–water partition coefficient (Wildman–Crippen LogP) is 1.27. The molecule has 1 fully saturated rings. The minimum Gasteiger partial charge on any atom is -0.369 e. The van der Waals surface area contributed by atoms with E-state index in [1.165, 1.54) is 12.3 Å². The largest absolute Gasteiger partial charge is 0.369 e. The van der Waals surface area contributed by atoms with Crippen molar-refractivity contribution in [3.63, 3.8) is 0 Å². The van der Waals surface area contributed by atoms with Crippen molar-refractivity contribution in [2.24, 2.45) is 0 Å². The molecule has 1 saturated heterocycles. The van der Waals surface area contributed by atoms with Gasteiger partial charge < -0.3 is 10.1 Å². The number of hydrogen-bond donors (Lipinski definition) is 1. The summed E-state index contributed by atoms with van der Waals surface area (Å²) in [4.78, 5) is 3.99. The molecule has 1 aliphatic heterocycles. The number of aromatic nitrogens is 1. The van der Waals surface area contributed by atoms with Crippen molar-refractivity contribution in [3.8, 4) is 0 Å². The first kappa shape index (κ1) is 9.55.